The third-order valence-electron chi connectivity index (χ3n) is 3.01. The molecule has 0 aliphatic carbocycles. The smallest absolute Gasteiger partial charge is 0.229 e. The van der Waals surface area contributed by atoms with E-state index in [9.17, 15) is 16.8 Å². The molecule has 1 aliphatic rings. The van der Waals surface area contributed by atoms with Crippen molar-refractivity contribution in [2.24, 2.45) is 0 Å². The fourth-order valence-corrected chi connectivity index (χ4v) is 6.27. The van der Waals surface area contributed by atoms with Crippen molar-refractivity contribution in [2.75, 3.05) is 11.5 Å². The minimum absolute atomic E-state index is 0.00541. The second-order valence-corrected chi connectivity index (χ2v) is 9.18. The van der Waals surface area contributed by atoms with Crippen LogP contribution in [0.15, 0.2) is 29.2 Å². The van der Waals surface area contributed by atoms with Crippen LogP contribution in [0.3, 0.4) is 0 Å². The molecule has 19 heavy (non-hydrogen) atoms. The van der Waals surface area contributed by atoms with Crippen molar-refractivity contribution in [3.63, 3.8) is 0 Å². The summed E-state index contributed by atoms with van der Waals surface area (Å²) in [6.07, 6.45) is 0.263. The molecule has 0 amide bonds. The molecule has 1 aliphatic heterocycles. The van der Waals surface area contributed by atoms with Crippen LogP contribution in [0.4, 0.5) is 0 Å². The van der Waals surface area contributed by atoms with E-state index in [1.165, 1.54) is 12.1 Å². The molecule has 0 bridgehead atoms. The second kappa shape index (κ2) is 4.73. The van der Waals surface area contributed by atoms with Gasteiger partial charge in [0.1, 0.15) is 4.90 Å². The van der Waals surface area contributed by atoms with E-state index in [0.29, 0.717) is 0 Å². The van der Waals surface area contributed by atoms with Crippen LogP contribution >= 0.6 is 11.6 Å². The molecular formula is C11H14ClNO4S2. The van der Waals surface area contributed by atoms with E-state index < -0.39 is 25.4 Å². The molecule has 2 rings (SSSR count). The maximum absolute atomic E-state index is 12.2. The summed E-state index contributed by atoms with van der Waals surface area (Å²) in [7, 11) is -7.01. The van der Waals surface area contributed by atoms with Gasteiger partial charge in [-0.3, -0.25) is 0 Å². The van der Waals surface area contributed by atoms with Gasteiger partial charge in [-0.2, -0.15) is 0 Å². The third-order valence-corrected chi connectivity index (χ3v) is 7.05. The number of rotatable bonds is 3. The third kappa shape index (κ3) is 3.28. The Morgan fingerprint density at radius 3 is 2.47 bits per heavy atom. The molecule has 1 N–H and O–H groups in total. The van der Waals surface area contributed by atoms with E-state index in [1.807, 2.05) is 0 Å². The molecule has 106 valence electrons. The zero-order valence-corrected chi connectivity index (χ0v) is 12.6. The lowest BCUT2D eigenvalue weighted by atomic mass is 10.0. The van der Waals surface area contributed by atoms with Gasteiger partial charge in [0.25, 0.3) is 0 Å². The minimum Gasteiger partial charge on any atom is -0.229 e. The van der Waals surface area contributed by atoms with Gasteiger partial charge in [-0.25, -0.2) is 21.6 Å². The van der Waals surface area contributed by atoms with Crippen LogP contribution in [0.5, 0.6) is 0 Å². The highest BCUT2D eigenvalue weighted by molar-refractivity contribution is 7.92. The largest absolute Gasteiger partial charge is 0.242 e. The molecule has 1 fully saturated rings. The Hall–Kier alpha value is -0.630. The van der Waals surface area contributed by atoms with Gasteiger partial charge in [-0.05, 0) is 25.5 Å². The number of sulfone groups is 1. The summed E-state index contributed by atoms with van der Waals surface area (Å²) in [5.74, 6) is -0.196. The van der Waals surface area contributed by atoms with E-state index in [0.717, 1.165) is 0 Å². The minimum atomic E-state index is -3.83. The van der Waals surface area contributed by atoms with E-state index in [1.54, 1.807) is 19.1 Å². The standard InChI is InChI=1S/C11H14ClNO4S2/c1-11(6-7-18(14,15)8-11)13-19(16,17)10-5-3-2-4-9(10)12/h2-5,13H,6-8H2,1H3/t11-/m0/s1. The average molecular weight is 324 g/mol. The number of benzene rings is 1. The summed E-state index contributed by atoms with van der Waals surface area (Å²) < 4.78 is 49.9. The lowest BCUT2D eigenvalue weighted by Gasteiger charge is -2.23. The summed E-state index contributed by atoms with van der Waals surface area (Å²) in [5, 5.41) is 0.111. The summed E-state index contributed by atoms with van der Waals surface area (Å²) >= 11 is 5.86. The van der Waals surface area contributed by atoms with Gasteiger partial charge in [-0.1, -0.05) is 23.7 Å². The monoisotopic (exact) mass is 323 g/mol. The van der Waals surface area contributed by atoms with E-state index in [2.05, 4.69) is 4.72 Å². The van der Waals surface area contributed by atoms with Crippen LogP contribution in [-0.2, 0) is 19.9 Å². The Morgan fingerprint density at radius 1 is 1.32 bits per heavy atom. The first-order chi connectivity index (χ1) is 8.64. The summed E-state index contributed by atoms with van der Waals surface area (Å²) in [4.78, 5) is -0.0396. The molecule has 0 radical (unpaired) electrons. The maximum atomic E-state index is 12.2. The lowest BCUT2D eigenvalue weighted by molar-refractivity contribution is 0.462. The van der Waals surface area contributed by atoms with Crippen molar-refractivity contribution < 1.29 is 16.8 Å². The SMILES string of the molecule is C[C@]1(NS(=O)(=O)c2ccccc2Cl)CCS(=O)(=O)C1. The van der Waals surface area contributed by atoms with Crippen LogP contribution in [-0.4, -0.2) is 33.9 Å². The van der Waals surface area contributed by atoms with Gasteiger partial charge in [-0.15, -0.1) is 0 Å². The Morgan fingerprint density at radius 2 is 1.95 bits per heavy atom. The lowest BCUT2D eigenvalue weighted by Crippen LogP contribution is -2.46. The van der Waals surface area contributed by atoms with E-state index in [4.69, 9.17) is 11.6 Å². The predicted molar refractivity (Wildman–Crippen MR) is 73.4 cm³/mol. The molecule has 1 heterocycles. The Balaban J connectivity index is 2.31. The first-order valence-electron chi connectivity index (χ1n) is 5.63. The molecule has 0 saturated carbocycles. The summed E-state index contributed by atoms with van der Waals surface area (Å²) in [6, 6.07) is 6.05. The fourth-order valence-electron chi connectivity index (χ4n) is 2.13. The topological polar surface area (TPSA) is 80.3 Å². The molecule has 1 aromatic carbocycles. The Bertz CT molecular complexity index is 699. The van der Waals surface area contributed by atoms with Crippen molar-refractivity contribution in [1.29, 1.82) is 0 Å². The zero-order chi connectivity index (χ0) is 14.3. The highest BCUT2D eigenvalue weighted by Crippen LogP contribution is 2.27. The van der Waals surface area contributed by atoms with Crippen molar-refractivity contribution in [3.8, 4) is 0 Å². The molecule has 1 aromatic rings. The van der Waals surface area contributed by atoms with Gasteiger partial charge >= 0.3 is 0 Å². The van der Waals surface area contributed by atoms with Gasteiger partial charge in [0.15, 0.2) is 9.84 Å². The van der Waals surface area contributed by atoms with Crippen molar-refractivity contribution in [1.82, 2.24) is 4.72 Å². The first kappa shape index (κ1) is 14.8. The summed E-state index contributed by atoms with van der Waals surface area (Å²) in [6.45, 7) is 1.59. The van der Waals surface area contributed by atoms with Crippen molar-refractivity contribution in [2.45, 2.75) is 23.8 Å². The van der Waals surface area contributed by atoms with Crippen LogP contribution < -0.4 is 4.72 Å². The van der Waals surface area contributed by atoms with E-state index in [-0.39, 0.29) is 27.8 Å². The van der Waals surface area contributed by atoms with Crippen molar-refractivity contribution in [3.05, 3.63) is 29.3 Å². The zero-order valence-electron chi connectivity index (χ0n) is 10.3. The Kier molecular flexibility index (Phi) is 3.68. The Labute approximate surface area is 117 Å². The first-order valence-corrected chi connectivity index (χ1v) is 9.31. The highest BCUT2D eigenvalue weighted by atomic mass is 35.5. The van der Waals surface area contributed by atoms with Crippen LogP contribution in [0.25, 0.3) is 0 Å². The number of sulfonamides is 1. The normalized spacial score (nSPS) is 26.4. The van der Waals surface area contributed by atoms with Gasteiger partial charge < -0.3 is 0 Å². The number of hydrogen-bond acceptors (Lipinski definition) is 4. The van der Waals surface area contributed by atoms with Crippen molar-refractivity contribution >= 4 is 31.5 Å². The molecule has 0 spiro atoms. The number of halogens is 1. The molecule has 1 saturated heterocycles. The van der Waals surface area contributed by atoms with Gasteiger partial charge in [0.2, 0.25) is 10.0 Å². The molecule has 8 heteroatoms. The molecular weight excluding hydrogens is 310 g/mol. The molecule has 5 nitrogen and oxygen atoms in total. The van der Waals surface area contributed by atoms with Gasteiger partial charge in [0.05, 0.1) is 16.5 Å². The molecule has 0 unspecified atom stereocenters. The predicted octanol–water partition coefficient (Wildman–Crippen LogP) is 1.20. The fraction of sp³-hybridized carbons (Fsp3) is 0.455. The summed E-state index contributed by atoms with van der Waals surface area (Å²) in [5.41, 5.74) is -0.975. The maximum Gasteiger partial charge on any atom is 0.242 e. The van der Waals surface area contributed by atoms with Crippen LogP contribution in [0.2, 0.25) is 5.02 Å². The number of hydrogen-bond donors (Lipinski definition) is 1. The molecule has 1 atom stereocenters. The number of nitrogens with one attached hydrogen (secondary N) is 1. The van der Waals surface area contributed by atoms with Gasteiger partial charge in [0, 0.05) is 5.54 Å². The van der Waals surface area contributed by atoms with Crippen LogP contribution in [0.1, 0.15) is 13.3 Å². The molecule has 0 aromatic heterocycles. The van der Waals surface area contributed by atoms with Crippen LogP contribution in [0, 0.1) is 0 Å². The highest BCUT2D eigenvalue weighted by Gasteiger charge is 2.41. The quantitative estimate of drug-likeness (QED) is 0.906. The average Bonchev–Trinajstić information content (AvgIpc) is 2.52. The second-order valence-electron chi connectivity index (χ2n) is 4.94. The van der Waals surface area contributed by atoms with E-state index >= 15 is 0 Å².